The molecule has 0 aliphatic carbocycles. The smallest absolute Gasteiger partial charge is 0.335 e. The molecule has 2 aromatic heterocycles. The molecule has 1 saturated heterocycles. The minimum Gasteiger partial charge on any atom is -0.478 e. The number of rotatable bonds is 9. The normalized spacial score (nSPS) is 17.0. The Balaban J connectivity index is 1.40. The number of aromatic nitrogens is 1. The number of aromatic carboxylic acids is 1. The molecule has 1 fully saturated rings. The van der Waals surface area contributed by atoms with Crippen molar-refractivity contribution >= 4 is 29.0 Å². The third kappa shape index (κ3) is 5.34. The molecule has 0 saturated carbocycles. The minimum absolute atomic E-state index is 0.162. The summed E-state index contributed by atoms with van der Waals surface area (Å²) in [6, 6.07) is 24.6. The number of carbonyl (C=O) groups is 1. The van der Waals surface area contributed by atoms with E-state index in [1.54, 1.807) is 24.4 Å². The Bertz CT molecular complexity index is 1390. The summed E-state index contributed by atoms with van der Waals surface area (Å²) in [6.07, 6.45) is 2.66. The lowest BCUT2D eigenvalue weighted by molar-refractivity contribution is 0.0696. The largest absolute Gasteiger partial charge is 0.478 e. The first-order valence-electron chi connectivity index (χ1n) is 12.2. The van der Waals surface area contributed by atoms with Crippen molar-refractivity contribution in [1.82, 2.24) is 15.2 Å². The lowest BCUT2D eigenvalue weighted by atomic mass is 10.0. The van der Waals surface area contributed by atoms with Crippen LogP contribution in [0.5, 0.6) is 0 Å². The number of hydrogen-bond acceptors (Lipinski definition) is 5. The van der Waals surface area contributed by atoms with Gasteiger partial charge in [-0.1, -0.05) is 30.3 Å². The van der Waals surface area contributed by atoms with E-state index in [1.165, 1.54) is 0 Å². The summed E-state index contributed by atoms with van der Waals surface area (Å²) >= 11 is 5.77. The van der Waals surface area contributed by atoms with Crippen molar-refractivity contribution in [3.8, 4) is 11.3 Å². The summed E-state index contributed by atoms with van der Waals surface area (Å²) in [6.45, 7) is 3.43. The van der Waals surface area contributed by atoms with Gasteiger partial charge in [0.15, 0.2) is 5.11 Å². The number of pyridine rings is 1. The van der Waals surface area contributed by atoms with Crippen LogP contribution in [-0.4, -0.2) is 39.2 Å². The topological polar surface area (TPSA) is 90.6 Å². The molecule has 3 N–H and O–H groups in total. The zero-order valence-corrected chi connectivity index (χ0v) is 21.2. The molecule has 0 unspecified atom stereocenters. The maximum absolute atomic E-state index is 11.3. The molecule has 2 atom stereocenters. The Morgan fingerprint density at radius 3 is 2.65 bits per heavy atom. The minimum atomic E-state index is -0.948. The van der Waals surface area contributed by atoms with Crippen LogP contribution in [0.25, 0.3) is 11.3 Å². The number of thiocarbonyl (C=S) groups is 1. The van der Waals surface area contributed by atoms with Crippen LogP contribution in [0.15, 0.2) is 89.5 Å². The molecule has 3 heterocycles. The fourth-order valence-corrected chi connectivity index (χ4v) is 5.05. The molecule has 5 rings (SSSR count). The molecule has 4 aromatic rings. The zero-order valence-electron chi connectivity index (χ0n) is 20.4. The molecule has 37 heavy (non-hydrogen) atoms. The fourth-order valence-electron chi connectivity index (χ4n) is 4.72. The Labute approximate surface area is 221 Å². The summed E-state index contributed by atoms with van der Waals surface area (Å²) in [5.41, 5.74) is 3.93. The molecular weight excluding hydrogens is 484 g/mol. The predicted molar refractivity (Wildman–Crippen MR) is 148 cm³/mol. The maximum Gasteiger partial charge on any atom is 0.335 e. The second kappa shape index (κ2) is 10.8. The molecule has 0 spiro atoms. The molecule has 0 bridgehead atoms. The van der Waals surface area contributed by atoms with E-state index < -0.39 is 5.97 Å². The summed E-state index contributed by atoms with van der Waals surface area (Å²) < 4.78 is 6.41. The third-order valence-corrected chi connectivity index (χ3v) is 6.89. The average Bonchev–Trinajstić information content (AvgIpc) is 3.52. The van der Waals surface area contributed by atoms with Crippen LogP contribution in [0.4, 0.5) is 5.69 Å². The number of nitrogens with zero attached hydrogens (tertiary/aromatic N) is 2. The number of aryl methyl sites for hydroxylation is 1. The first-order chi connectivity index (χ1) is 18.0. The summed E-state index contributed by atoms with van der Waals surface area (Å²) in [5, 5.41) is 16.9. The van der Waals surface area contributed by atoms with Crippen LogP contribution in [0.3, 0.4) is 0 Å². The van der Waals surface area contributed by atoms with Gasteiger partial charge in [0.2, 0.25) is 0 Å². The summed E-state index contributed by atoms with van der Waals surface area (Å²) in [5.74, 6) is 0.513. The van der Waals surface area contributed by atoms with Crippen LogP contribution < -0.4 is 10.6 Å². The van der Waals surface area contributed by atoms with Gasteiger partial charge in [-0.05, 0) is 79.7 Å². The molecule has 2 aromatic carbocycles. The summed E-state index contributed by atoms with van der Waals surface area (Å²) in [7, 11) is 0. The lowest BCUT2D eigenvalue weighted by Crippen LogP contribution is -2.31. The Morgan fingerprint density at radius 2 is 1.92 bits per heavy atom. The standard InChI is InChI=1S/C29H28N4O3S/c1-19-18-20(28(34)35)11-12-22(19)24-13-14-25(36-24)27-26(23-10-5-6-15-31-23)32-29(37)33(27)17-7-16-30-21-8-3-2-4-9-21/h2-6,8-15,18,26-27,30H,7,16-17H2,1H3,(H,32,37)(H,34,35)/t26-,27+/m1/s1. The van der Waals surface area contributed by atoms with Crippen molar-refractivity contribution in [3.05, 3.63) is 108 Å². The molecule has 0 radical (unpaired) electrons. The molecule has 1 aliphatic heterocycles. The molecule has 7 nitrogen and oxygen atoms in total. The number of furan rings is 1. The van der Waals surface area contributed by atoms with Crippen LogP contribution in [0.2, 0.25) is 0 Å². The van der Waals surface area contributed by atoms with Crippen molar-refractivity contribution < 1.29 is 14.3 Å². The fraction of sp³-hybridized carbons (Fsp3) is 0.207. The van der Waals surface area contributed by atoms with Crippen LogP contribution in [0.1, 0.15) is 45.9 Å². The van der Waals surface area contributed by atoms with E-state index in [9.17, 15) is 9.90 Å². The molecule has 0 amide bonds. The average molecular weight is 513 g/mol. The highest BCUT2D eigenvalue weighted by molar-refractivity contribution is 7.80. The summed E-state index contributed by atoms with van der Waals surface area (Å²) in [4.78, 5) is 18.1. The zero-order chi connectivity index (χ0) is 25.8. The first-order valence-corrected chi connectivity index (χ1v) is 12.6. The van der Waals surface area contributed by atoms with Gasteiger partial charge in [0.1, 0.15) is 17.6 Å². The van der Waals surface area contributed by atoms with Crippen LogP contribution >= 0.6 is 12.2 Å². The Kier molecular flexibility index (Phi) is 7.18. The Morgan fingerprint density at radius 1 is 1.11 bits per heavy atom. The molecule has 8 heteroatoms. The van der Waals surface area contributed by atoms with Crippen molar-refractivity contribution in [2.45, 2.75) is 25.4 Å². The van der Waals surface area contributed by atoms with E-state index >= 15 is 0 Å². The van der Waals surface area contributed by atoms with Gasteiger partial charge in [-0.3, -0.25) is 4.98 Å². The Hall–Kier alpha value is -4.17. The quantitative estimate of drug-likeness (QED) is 0.191. The number of anilines is 1. The van der Waals surface area contributed by atoms with Crippen molar-refractivity contribution in [2.24, 2.45) is 0 Å². The number of carboxylic acids is 1. The molecular formula is C29H28N4O3S. The second-order valence-electron chi connectivity index (χ2n) is 9.00. The highest BCUT2D eigenvalue weighted by atomic mass is 32.1. The molecule has 1 aliphatic rings. The van der Waals surface area contributed by atoms with Gasteiger partial charge in [0.25, 0.3) is 0 Å². The van der Waals surface area contributed by atoms with E-state index in [-0.39, 0.29) is 17.6 Å². The van der Waals surface area contributed by atoms with E-state index in [2.05, 4.69) is 32.7 Å². The van der Waals surface area contributed by atoms with E-state index in [4.69, 9.17) is 16.6 Å². The van der Waals surface area contributed by atoms with Gasteiger partial charge in [-0.2, -0.15) is 0 Å². The van der Waals surface area contributed by atoms with Crippen LogP contribution in [-0.2, 0) is 0 Å². The van der Waals surface area contributed by atoms with Crippen molar-refractivity contribution in [3.63, 3.8) is 0 Å². The molecule has 188 valence electrons. The van der Waals surface area contributed by atoms with Gasteiger partial charge in [-0.25, -0.2) is 4.79 Å². The highest BCUT2D eigenvalue weighted by Crippen LogP contribution is 2.40. The second-order valence-corrected chi connectivity index (χ2v) is 9.39. The van der Waals surface area contributed by atoms with Gasteiger partial charge in [-0.15, -0.1) is 0 Å². The number of nitrogens with one attached hydrogen (secondary N) is 2. The van der Waals surface area contributed by atoms with Gasteiger partial charge >= 0.3 is 5.97 Å². The third-order valence-electron chi connectivity index (χ3n) is 6.53. The van der Waals surface area contributed by atoms with Crippen molar-refractivity contribution in [2.75, 3.05) is 18.4 Å². The van der Waals surface area contributed by atoms with Gasteiger partial charge < -0.3 is 25.1 Å². The van der Waals surface area contributed by atoms with Crippen molar-refractivity contribution in [1.29, 1.82) is 0 Å². The van der Waals surface area contributed by atoms with Gasteiger partial charge in [0.05, 0.1) is 17.3 Å². The SMILES string of the molecule is Cc1cc(C(=O)O)ccc1-c1ccc([C@H]2[C@@H](c3ccccn3)NC(=S)N2CCCNc2ccccc2)o1. The number of carboxylic acid groups (broad SMARTS) is 1. The number of para-hydroxylation sites is 1. The van der Waals surface area contributed by atoms with Crippen LogP contribution in [0, 0.1) is 6.92 Å². The van der Waals surface area contributed by atoms with Gasteiger partial charge in [0, 0.05) is 30.5 Å². The first kappa shape index (κ1) is 24.5. The predicted octanol–water partition coefficient (Wildman–Crippen LogP) is 5.82. The monoisotopic (exact) mass is 512 g/mol. The lowest BCUT2D eigenvalue weighted by Gasteiger charge is -2.26. The maximum atomic E-state index is 11.3. The number of benzene rings is 2. The number of hydrogen-bond donors (Lipinski definition) is 3. The van der Waals surface area contributed by atoms with E-state index in [0.29, 0.717) is 10.9 Å². The van der Waals surface area contributed by atoms with E-state index in [1.807, 2.05) is 55.5 Å². The highest BCUT2D eigenvalue weighted by Gasteiger charge is 2.41. The van der Waals surface area contributed by atoms with E-state index in [0.717, 1.165) is 47.8 Å².